The quantitative estimate of drug-likeness (QED) is 0.574. The third-order valence-electron chi connectivity index (χ3n) is 5.15. The van der Waals surface area contributed by atoms with Crippen LogP contribution >= 0.6 is 0 Å². The lowest BCUT2D eigenvalue weighted by Gasteiger charge is -2.31. The number of imidazole rings is 1. The number of carbonyl (C=O) groups excluding carboxylic acids is 2. The molecule has 0 saturated carbocycles. The number of fused-ring (bicyclic) bond motifs is 3. The summed E-state index contributed by atoms with van der Waals surface area (Å²) in [5.74, 6) is -2.97. The summed E-state index contributed by atoms with van der Waals surface area (Å²) in [4.78, 5) is 28.4. The number of nitrogens with zero attached hydrogens (tertiary/aromatic N) is 2. The zero-order valence-corrected chi connectivity index (χ0v) is 16.2. The van der Waals surface area contributed by atoms with Gasteiger partial charge in [0, 0.05) is 12.0 Å². The van der Waals surface area contributed by atoms with Crippen molar-refractivity contribution in [2.24, 2.45) is 0 Å². The molecule has 0 aliphatic carbocycles. The smallest absolute Gasteiger partial charge is 0.317 e. The minimum atomic E-state index is -5.22. The molecule has 2 aromatic carbocycles. The van der Waals surface area contributed by atoms with E-state index in [1.807, 2.05) is 0 Å². The molecule has 0 bridgehead atoms. The SMILES string of the molecule is CCC(=O)NC1(C(F)(F)F)C(=O)Nc2nc3c(-c4ccc(C(F)(F)F)cc4)cccc3n21. The highest BCUT2D eigenvalue weighted by Crippen LogP contribution is 2.45. The first kappa shape index (κ1) is 21.7. The number of benzene rings is 2. The molecular weight excluding hydrogens is 442 g/mol. The zero-order chi connectivity index (χ0) is 23.5. The number of halogens is 6. The van der Waals surface area contributed by atoms with Crippen molar-refractivity contribution in [3.8, 4) is 11.1 Å². The van der Waals surface area contributed by atoms with Crippen LogP contribution in [0.4, 0.5) is 32.3 Å². The highest BCUT2D eigenvalue weighted by Gasteiger charge is 2.67. The average molecular weight is 456 g/mol. The summed E-state index contributed by atoms with van der Waals surface area (Å²) in [5.41, 5.74) is -3.88. The Kier molecular flexibility index (Phi) is 4.72. The summed E-state index contributed by atoms with van der Waals surface area (Å²) in [5, 5.41) is 3.82. The van der Waals surface area contributed by atoms with Crippen LogP contribution in [0.3, 0.4) is 0 Å². The van der Waals surface area contributed by atoms with E-state index in [0.29, 0.717) is 4.57 Å². The van der Waals surface area contributed by atoms with E-state index in [0.717, 1.165) is 12.1 Å². The summed E-state index contributed by atoms with van der Waals surface area (Å²) in [6.45, 7) is 1.34. The van der Waals surface area contributed by atoms with Gasteiger partial charge in [-0.25, -0.2) is 4.98 Å². The molecule has 1 aliphatic rings. The summed E-state index contributed by atoms with van der Waals surface area (Å²) in [6, 6.07) is 8.19. The molecule has 0 spiro atoms. The molecule has 2 N–H and O–H groups in total. The molecule has 2 heterocycles. The maximum absolute atomic E-state index is 14.2. The number of para-hydroxylation sites is 1. The Labute approximate surface area is 176 Å². The van der Waals surface area contributed by atoms with Crippen molar-refractivity contribution in [2.75, 3.05) is 5.32 Å². The third-order valence-corrected chi connectivity index (χ3v) is 5.15. The van der Waals surface area contributed by atoms with Crippen LogP contribution in [0.1, 0.15) is 18.9 Å². The molecule has 0 radical (unpaired) electrons. The van der Waals surface area contributed by atoms with Gasteiger partial charge in [0.25, 0.3) is 11.6 Å². The minimum Gasteiger partial charge on any atom is -0.317 e. The van der Waals surface area contributed by atoms with Gasteiger partial charge in [-0.2, -0.15) is 26.3 Å². The Morgan fingerprint density at radius 3 is 2.31 bits per heavy atom. The van der Waals surface area contributed by atoms with Gasteiger partial charge in [0.2, 0.25) is 11.9 Å². The Morgan fingerprint density at radius 1 is 1.09 bits per heavy atom. The Balaban J connectivity index is 1.93. The number of amides is 2. The maximum atomic E-state index is 14.2. The minimum absolute atomic E-state index is 0.0154. The molecule has 1 aromatic heterocycles. The highest BCUT2D eigenvalue weighted by atomic mass is 19.4. The monoisotopic (exact) mass is 456 g/mol. The standard InChI is InChI=1S/C20H14F6N4O2/c1-2-14(31)29-18(20(24,25)26)16(32)28-17-27-15-12(4-3-5-13(15)30(17)18)10-6-8-11(9-7-10)19(21,22)23/h3-9H,2H2,1H3,(H,29,31)(H,27,28,32). The summed E-state index contributed by atoms with van der Waals surface area (Å²) in [7, 11) is 0. The molecule has 168 valence electrons. The van der Waals surface area contributed by atoms with E-state index in [-0.39, 0.29) is 28.6 Å². The van der Waals surface area contributed by atoms with Crippen LogP contribution < -0.4 is 10.6 Å². The second-order valence-corrected chi connectivity index (χ2v) is 7.08. The predicted octanol–water partition coefficient (Wildman–Crippen LogP) is 4.42. The Bertz CT molecular complexity index is 1230. The molecule has 6 nitrogen and oxygen atoms in total. The number of aromatic nitrogens is 2. The molecule has 4 rings (SSSR count). The van der Waals surface area contributed by atoms with E-state index in [9.17, 15) is 35.9 Å². The fraction of sp³-hybridized carbons (Fsp3) is 0.250. The van der Waals surface area contributed by atoms with Gasteiger partial charge in [0.1, 0.15) is 0 Å². The molecule has 0 fully saturated rings. The maximum Gasteiger partial charge on any atom is 0.440 e. The first-order valence-electron chi connectivity index (χ1n) is 9.29. The first-order chi connectivity index (χ1) is 14.9. The molecule has 2 amide bonds. The molecule has 1 atom stereocenters. The summed E-state index contributed by atoms with van der Waals surface area (Å²) < 4.78 is 81.7. The van der Waals surface area contributed by atoms with Gasteiger partial charge in [0.05, 0.1) is 16.6 Å². The number of carbonyl (C=O) groups is 2. The van der Waals surface area contributed by atoms with Crippen LogP contribution in [0.2, 0.25) is 0 Å². The number of hydrogen-bond donors (Lipinski definition) is 2. The predicted molar refractivity (Wildman–Crippen MR) is 101 cm³/mol. The molecule has 32 heavy (non-hydrogen) atoms. The van der Waals surface area contributed by atoms with E-state index in [4.69, 9.17) is 0 Å². The van der Waals surface area contributed by atoms with Gasteiger partial charge < -0.3 is 5.32 Å². The van der Waals surface area contributed by atoms with Gasteiger partial charge in [-0.1, -0.05) is 31.2 Å². The van der Waals surface area contributed by atoms with Crippen molar-refractivity contribution < 1.29 is 35.9 Å². The van der Waals surface area contributed by atoms with Crippen molar-refractivity contribution in [1.82, 2.24) is 14.9 Å². The third kappa shape index (κ3) is 3.09. The number of hydrogen-bond acceptors (Lipinski definition) is 3. The van der Waals surface area contributed by atoms with Crippen molar-refractivity contribution >= 4 is 28.8 Å². The van der Waals surface area contributed by atoms with Crippen LogP contribution in [-0.4, -0.2) is 27.5 Å². The molecule has 1 unspecified atom stereocenters. The van der Waals surface area contributed by atoms with Crippen molar-refractivity contribution in [1.29, 1.82) is 0 Å². The van der Waals surface area contributed by atoms with Gasteiger partial charge in [-0.3, -0.25) is 19.5 Å². The lowest BCUT2D eigenvalue weighted by atomic mass is 10.0. The van der Waals surface area contributed by atoms with E-state index < -0.39 is 41.3 Å². The van der Waals surface area contributed by atoms with Crippen LogP contribution in [-0.2, 0) is 21.4 Å². The van der Waals surface area contributed by atoms with Gasteiger partial charge in [-0.05, 0) is 23.8 Å². The van der Waals surface area contributed by atoms with Crippen LogP contribution in [0, 0.1) is 0 Å². The zero-order valence-electron chi connectivity index (χ0n) is 16.2. The normalized spacial score (nSPS) is 18.5. The lowest BCUT2D eigenvalue weighted by Crippen LogP contribution is -2.63. The molecule has 0 saturated heterocycles. The van der Waals surface area contributed by atoms with E-state index in [1.54, 1.807) is 5.32 Å². The number of rotatable bonds is 3. The van der Waals surface area contributed by atoms with Crippen molar-refractivity contribution in [3.63, 3.8) is 0 Å². The van der Waals surface area contributed by atoms with E-state index in [2.05, 4.69) is 10.3 Å². The Hall–Kier alpha value is -3.57. The topological polar surface area (TPSA) is 76.0 Å². The molecule has 1 aliphatic heterocycles. The van der Waals surface area contributed by atoms with Crippen molar-refractivity contribution in [3.05, 3.63) is 48.0 Å². The summed E-state index contributed by atoms with van der Waals surface area (Å²) >= 11 is 0. The average Bonchev–Trinajstić information content (AvgIpc) is 3.21. The summed E-state index contributed by atoms with van der Waals surface area (Å²) in [6.07, 6.45) is -10.1. The number of nitrogens with one attached hydrogen (secondary N) is 2. The molecule has 12 heteroatoms. The van der Waals surface area contributed by atoms with Crippen LogP contribution in [0.5, 0.6) is 0 Å². The Morgan fingerprint density at radius 2 is 1.75 bits per heavy atom. The van der Waals surface area contributed by atoms with E-state index in [1.165, 1.54) is 37.3 Å². The van der Waals surface area contributed by atoms with Gasteiger partial charge >= 0.3 is 12.4 Å². The van der Waals surface area contributed by atoms with Crippen molar-refractivity contribution in [2.45, 2.75) is 31.4 Å². The van der Waals surface area contributed by atoms with Gasteiger partial charge in [0.15, 0.2) is 0 Å². The molecule has 3 aromatic rings. The van der Waals surface area contributed by atoms with Crippen LogP contribution in [0.25, 0.3) is 22.2 Å². The fourth-order valence-corrected chi connectivity index (χ4v) is 3.62. The molecular formula is C20H14F6N4O2. The second kappa shape index (κ2) is 6.97. The van der Waals surface area contributed by atoms with E-state index >= 15 is 0 Å². The van der Waals surface area contributed by atoms with Gasteiger partial charge in [-0.15, -0.1) is 0 Å². The second-order valence-electron chi connectivity index (χ2n) is 7.08. The largest absolute Gasteiger partial charge is 0.440 e. The number of anilines is 1. The van der Waals surface area contributed by atoms with Crippen LogP contribution in [0.15, 0.2) is 42.5 Å². The fourth-order valence-electron chi connectivity index (χ4n) is 3.62. The highest BCUT2D eigenvalue weighted by molar-refractivity contribution is 6.06. The number of alkyl halides is 6. The first-order valence-corrected chi connectivity index (χ1v) is 9.29. The lowest BCUT2D eigenvalue weighted by molar-refractivity contribution is -0.217.